The van der Waals surface area contributed by atoms with E-state index in [1.165, 1.54) is 12.1 Å². The monoisotopic (exact) mass is 346 g/mol. The number of carbonyl (C=O) groups is 1. The smallest absolute Gasteiger partial charge is 0.243 e. The van der Waals surface area contributed by atoms with Gasteiger partial charge in [-0.25, -0.2) is 4.39 Å². The van der Waals surface area contributed by atoms with Crippen LogP contribution in [0.4, 0.5) is 15.8 Å². The van der Waals surface area contributed by atoms with Crippen LogP contribution in [-0.4, -0.2) is 12.5 Å². The number of rotatable bonds is 4. The lowest BCUT2D eigenvalue weighted by molar-refractivity contribution is -0.114. The highest BCUT2D eigenvalue weighted by atomic mass is 35.5. The van der Waals surface area contributed by atoms with Crippen molar-refractivity contribution in [2.75, 3.05) is 17.2 Å². The van der Waals surface area contributed by atoms with Crippen molar-refractivity contribution in [2.45, 2.75) is 0 Å². The summed E-state index contributed by atoms with van der Waals surface area (Å²) >= 11 is 17.3. The van der Waals surface area contributed by atoms with Crippen LogP contribution in [-0.2, 0) is 4.79 Å². The predicted octanol–water partition coefficient (Wildman–Crippen LogP) is 4.84. The van der Waals surface area contributed by atoms with Crippen LogP contribution >= 0.6 is 34.8 Å². The van der Waals surface area contributed by atoms with E-state index in [9.17, 15) is 9.18 Å². The number of hydrogen-bond acceptors (Lipinski definition) is 2. The van der Waals surface area contributed by atoms with Gasteiger partial charge in [-0.05, 0) is 24.3 Å². The van der Waals surface area contributed by atoms with Gasteiger partial charge in [0.15, 0.2) is 5.82 Å². The Morgan fingerprint density at radius 2 is 1.67 bits per heavy atom. The summed E-state index contributed by atoms with van der Waals surface area (Å²) in [5.74, 6) is -0.996. The van der Waals surface area contributed by atoms with Gasteiger partial charge in [-0.2, -0.15) is 0 Å². The van der Waals surface area contributed by atoms with Crippen molar-refractivity contribution in [3.63, 3.8) is 0 Å². The van der Waals surface area contributed by atoms with E-state index in [0.29, 0.717) is 16.4 Å². The van der Waals surface area contributed by atoms with Gasteiger partial charge in [-0.3, -0.25) is 4.79 Å². The molecule has 2 rings (SSSR count). The van der Waals surface area contributed by atoms with Crippen molar-refractivity contribution in [2.24, 2.45) is 0 Å². The molecule has 0 aliphatic carbocycles. The maximum absolute atomic E-state index is 13.3. The van der Waals surface area contributed by atoms with Gasteiger partial charge in [0.2, 0.25) is 5.91 Å². The Bertz CT molecular complexity index is 656. The van der Waals surface area contributed by atoms with Crippen LogP contribution in [0.5, 0.6) is 0 Å². The molecule has 0 unspecified atom stereocenters. The zero-order valence-corrected chi connectivity index (χ0v) is 12.9. The molecule has 3 nitrogen and oxygen atoms in total. The fourth-order valence-corrected chi connectivity index (χ4v) is 2.27. The molecule has 2 N–H and O–H groups in total. The highest BCUT2D eigenvalue weighted by molar-refractivity contribution is 6.35. The molecule has 0 aliphatic heterocycles. The number of amides is 1. The third kappa shape index (κ3) is 4.24. The van der Waals surface area contributed by atoms with Gasteiger partial charge in [0.05, 0.1) is 27.3 Å². The van der Waals surface area contributed by atoms with Gasteiger partial charge in [0, 0.05) is 5.69 Å². The molecule has 0 spiro atoms. The van der Waals surface area contributed by atoms with Crippen molar-refractivity contribution in [3.05, 3.63) is 57.3 Å². The topological polar surface area (TPSA) is 41.1 Å². The number of para-hydroxylation sites is 1. The van der Waals surface area contributed by atoms with Crippen LogP contribution in [0.15, 0.2) is 36.4 Å². The van der Waals surface area contributed by atoms with E-state index >= 15 is 0 Å². The zero-order valence-electron chi connectivity index (χ0n) is 10.6. The summed E-state index contributed by atoms with van der Waals surface area (Å²) in [6.07, 6.45) is 0. The van der Waals surface area contributed by atoms with Gasteiger partial charge in [0.25, 0.3) is 0 Å². The standard InChI is InChI=1S/C14H10Cl3FN2O/c15-9-3-1-2-4-12(9)20-13(21)7-19-8-5-10(16)14(18)11(17)6-8/h1-6,19H,7H2,(H,20,21). The molecule has 0 bridgehead atoms. The van der Waals surface area contributed by atoms with Crippen LogP contribution in [0.3, 0.4) is 0 Å². The average Bonchev–Trinajstić information content (AvgIpc) is 2.45. The summed E-state index contributed by atoms with van der Waals surface area (Å²) in [6.45, 7) is -0.0382. The van der Waals surface area contributed by atoms with Crippen molar-refractivity contribution in [1.29, 1.82) is 0 Å². The SMILES string of the molecule is O=C(CNc1cc(Cl)c(F)c(Cl)c1)Nc1ccccc1Cl. The second kappa shape index (κ2) is 6.98. The molecule has 1 amide bonds. The fourth-order valence-electron chi connectivity index (χ4n) is 1.60. The van der Waals surface area contributed by atoms with E-state index in [0.717, 1.165) is 0 Å². The Hall–Kier alpha value is -1.49. The van der Waals surface area contributed by atoms with E-state index < -0.39 is 5.82 Å². The Morgan fingerprint density at radius 3 is 2.29 bits per heavy atom. The highest BCUT2D eigenvalue weighted by Gasteiger charge is 2.09. The molecule has 0 heterocycles. The minimum Gasteiger partial charge on any atom is -0.376 e. The largest absolute Gasteiger partial charge is 0.376 e. The van der Waals surface area contributed by atoms with Gasteiger partial charge in [-0.1, -0.05) is 46.9 Å². The predicted molar refractivity (Wildman–Crippen MR) is 85.0 cm³/mol. The number of hydrogen-bond donors (Lipinski definition) is 2. The van der Waals surface area contributed by atoms with E-state index in [1.807, 2.05) is 0 Å². The summed E-state index contributed by atoms with van der Waals surface area (Å²) in [7, 11) is 0. The fraction of sp³-hybridized carbons (Fsp3) is 0.0714. The molecule has 0 aliphatic rings. The first-order valence-corrected chi connectivity index (χ1v) is 7.03. The van der Waals surface area contributed by atoms with E-state index in [1.54, 1.807) is 24.3 Å². The lowest BCUT2D eigenvalue weighted by Gasteiger charge is -2.10. The van der Waals surface area contributed by atoms with E-state index in [2.05, 4.69) is 10.6 Å². The second-order valence-corrected chi connectivity index (χ2v) is 5.36. The van der Waals surface area contributed by atoms with Crippen LogP contribution in [0.1, 0.15) is 0 Å². The lowest BCUT2D eigenvalue weighted by atomic mass is 10.3. The number of anilines is 2. The molecule has 2 aromatic carbocycles. The summed E-state index contributed by atoms with van der Waals surface area (Å²) in [4.78, 5) is 11.8. The Kier molecular flexibility index (Phi) is 5.28. The highest BCUT2D eigenvalue weighted by Crippen LogP contribution is 2.27. The maximum atomic E-state index is 13.3. The normalized spacial score (nSPS) is 10.3. The van der Waals surface area contributed by atoms with Crippen molar-refractivity contribution in [3.8, 4) is 0 Å². The van der Waals surface area contributed by atoms with E-state index in [-0.39, 0.29) is 22.5 Å². The van der Waals surface area contributed by atoms with Crippen LogP contribution < -0.4 is 10.6 Å². The molecule has 7 heteroatoms. The number of carbonyl (C=O) groups excluding carboxylic acids is 1. The van der Waals surface area contributed by atoms with Crippen molar-refractivity contribution in [1.82, 2.24) is 0 Å². The average molecular weight is 348 g/mol. The Labute approximate surface area is 136 Å². The van der Waals surface area contributed by atoms with E-state index in [4.69, 9.17) is 34.8 Å². The Morgan fingerprint density at radius 1 is 1.05 bits per heavy atom. The molecular formula is C14H10Cl3FN2O. The third-order valence-corrected chi connectivity index (χ3v) is 3.46. The Balaban J connectivity index is 1.97. The summed E-state index contributed by atoms with van der Waals surface area (Å²) < 4.78 is 13.3. The maximum Gasteiger partial charge on any atom is 0.243 e. The summed E-state index contributed by atoms with van der Waals surface area (Å²) in [5.41, 5.74) is 0.960. The quantitative estimate of drug-likeness (QED) is 0.777. The van der Waals surface area contributed by atoms with Crippen LogP contribution in [0.2, 0.25) is 15.1 Å². The molecule has 0 aromatic heterocycles. The molecule has 110 valence electrons. The second-order valence-electron chi connectivity index (χ2n) is 4.14. The molecule has 21 heavy (non-hydrogen) atoms. The van der Waals surface area contributed by atoms with Crippen molar-refractivity contribution >= 4 is 52.1 Å². The zero-order chi connectivity index (χ0) is 15.4. The first-order chi connectivity index (χ1) is 9.97. The summed E-state index contributed by atoms with van der Waals surface area (Å²) in [5, 5.41) is 5.66. The molecule has 0 radical (unpaired) electrons. The molecule has 0 fully saturated rings. The number of halogens is 4. The third-order valence-electron chi connectivity index (χ3n) is 2.58. The minimum absolute atomic E-state index is 0.0382. The molecule has 0 saturated carbocycles. The molecule has 0 atom stereocenters. The molecule has 0 saturated heterocycles. The van der Waals surface area contributed by atoms with Crippen LogP contribution in [0.25, 0.3) is 0 Å². The first kappa shape index (κ1) is 15.9. The van der Waals surface area contributed by atoms with Crippen LogP contribution in [0, 0.1) is 5.82 Å². The molecule has 2 aromatic rings. The number of benzene rings is 2. The van der Waals surface area contributed by atoms with Gasteiger partial charge < -0.3 is 10.6 Å². The van der Waals surface area contributed by atoms with Gasteiger partial charge in [0.1, 0.15) is 0 Å². The lowest BCUT2D eigenvalue weighted by Crippen LogP contribution is -2.21. The molecular weight excluding hydrogens is 338 g/mol. The van der Waals surface area contributed by atoms with Gasteiger partial charge in [-0.15, -0.1) is 0 Å². The van der Waals surface area contributed by atoms with Gasteiger partial charge >= 0.3 is 0 Å². The first-order valence-electron chi connectivity index (χ1n) is 5.90. The summed E-state index contributed by atoms with van der Waals surface area (Å²) in [6, 6.07) is 9.58. The van der Waals surface area contributed by atoms with Crippen molar-refractivity contribution < 1.29 is 9.18 Å². The number of nitrogens with one attached hydrogen (secondary N) is 2. The minimum atomic E-state index is -0.690.